The van der Waals surface area contributed by atoms with Gasteiger partial charge in [0.05, 0.1) is 11.3 Å². The van der Waals surface area contributed by atoms with Gasteiger partial charge in [0.15, 0.2) is 5.82 Å². The number of fused-ring (bicyclic) bond motifs is 1. The van der Waals surface area contributed by atoms with E-state index >= 15 is 0 Å². The molecule has 0 aliphatic carbocycles. The average molecular weight is 359 g/mol. The standard InChI is InChI=1S/C18H13ClF2N4/c19-10-4-6-11(7-5-10)23-17-12-8-22-9-15(12)24-18(25-17)16-13(20)2-1-3-14(16)21/h1-7,22H,8-9H2,(H,23,24,25). The Morgan fingerprint density at radius 2 is 1.68 bits per heavy atom. The van der Waals surface area contributed by atoms with E-state index in [0.29, 0.717) is 23.9 Å². The van der Waals surface area contributed by atoms with E-state index in [-0.39, 0.29) is 11.4 Å². The maximum atomic E-state index is 14.1. The molecular formula is C18H13ClF2N4. The summed E-state index contributed by atoms with van der Waals surface area (Å²) >= 11 is 5.90. The summed E-state index contributed by atoms with van der Waals surface area (Å²) in [5.41, 5.74) is 2.16. The molecule has 3 aromatic rings. The summed E-state index contributed by atoms with van der Waals surface area (Å²) in [4.78, 5) is 8.73. The molecule has 25 heavy (non-hydrogen) atoms. The normalized spacial score (nSPS) is 12.9. The van der Waals surface area contributed by atoms with Crippen molar-refractivity contribution in [2.75, 3.05) is 5.32 Å². The molecule has 4 rings (SSSR count). The van der Waals surface area contributed by atoms with Crippen LogP contribution in [0, 0.1) is 11.6 Å². The van der Waals surface area contributed by atoms with Gasteiger partial charge in [0.25, 0.3) is 0 Å². The minimum atomic E-state index is -0.691. The molecule has 1 aliphatic heterocycles. The second-order valence-electron chi connectivity index (χ2n) is 5.65. The van der Waals surface area contributed by atoms with Crippen LogP contribution in [0.25, 0.3) is 11.4 Å². The van der Waals surface area contributed by atoms with Gasteiger partial charge in [-0.2, -0.15) is 0 Å². The lowest BCUT2D eigenvalue weighted by atomic mass is 10.1. The first kappa shape index (κ1) is 15.9. The Balaban J connectivity index is 1.82. The summed E-state index contributed by atoms with van der Waals surface area (Å²) < 4.78 is 28.2. The number of nitrogens with one attached hydrogen (secondary N) is 2. The Labute approximate surface area is 147 Å². The van der Waals surface area contributed by atoms with Crippen LogP contribution >= 0.6 is 11.6 Å². The van der Waals surface area contributed by atoms with Gasteiger partial charge in [0.2, 0.25) is 0 Å². The van der Waals surface area contributed by atoms with Gasteiger partial charge in [-0.15, -0.1) is 0 Å². The molecule has 0 radical (unpaired) electrons. The van der Waals surface area contributed by atoms with E-state index in [2.05, 4.69) is 20.6 Å². The lowest BCUT2D eigenvalue weighted by Crippen LogP contribution is -2.05. The first-order valence-electron chi connectivity index (χ1n) is 7.69. The van der Waals surface area contributed by atoms with Crippen molar-refractivity contribution in [1.82, 2.24) is 15.3 Å². The van der Waals surface area contributed by atoms with E-state index in [9.17, 15) is 8.78 Å². The topological polar surface area (TPSA) is 49.8 Å². The highest BCUT2D eigenvalue weighted by molar-refractivity contribution is 6.30. The van der Waals surface area contributed by atoms with Gasteiger partial charge >= 0.3 is 0 Å². The van der Waals surface area contributed by atoms with Gasteiger partial charge < -0.3 is 10.6 Å². The van der Waals surface area contributed by atoms with Gasteiger partial charge in [-0.25, -0.2) is 18.7 Å². The molecule has 2 aromatic carbocycles. The Morgan fingerprint density at radius 3 is 2.40 bits per heavy atom. The van der Waals surface area contributed by atoms with Gasteiger partial charge in [-0.1, -0.05) is 17.7 Å². The molecule has 2 N–H and O–H groups in total. The third-order valence-corrected chi connectivity index (χ3v) is 4.23. The minimum absolute atomic E-state index is 0.0227. The second-order valence-corrected chi connectivity index (χ2v) is 6.09. The molecular weight excluding hydrogens is 346 g/mol. The molecule has 0 atom stereocenters. The van der Waals surface area contributed by atoms with Crippen LogP contribution < -0.4 is 10.6 Å². The fourth-order valence-corrected chi connectivity index (χ4v) is 2.89. The van der Waals surface area contributed by atoms with Gasteiger partial charge in [-0.3, -0.25) is 0 Å². The van der Waals surface area contributed by atoms with E-state index in [0.717, 1.165) is 16.9 Å². The predicted molar refractivity (Wildman–Crippen MR) is 92.7 cm³/mol. The van der Waals surface area contributed by atoms with Crippen LogP contribution in [0.5, 0.6) is 0 Å². The minimum Gasteiger partial charge on any atom is -0.340 e. The van der Waals surface area contributed by atoms with Crippen molar-refractivity contribution in [3.05, 3.63) is 70.4 Å². The zero-order valence-corrected chi connectivity index (χ0v) is 13.7. The summed E-state index contributed by atoms with van der Waals surface area (Å²) in [7, 11) is 0. The Hall–Kier alpha value is -2.57. The molecule has 0 amide bonds. The van der Waals surface area contributed by atoms with Crippen molar-refractivity contribution in [3.63, 3.8) is 0 Å². The highest BCUT2D eigenvalue weighted by atomic mass is 35.5. The summed E-state index contributed by atoms with van der Waals surface area (Å²) in [6, 6.07) is 10.8. The highest BCUT2D eigenvalue weighted by Crippen LogP contribution is 2.30. The second kappa shape index (κ2) is 6.38. The Morgan fingerprint density at radius 1 is 0.960 bits per heavy atom. The third kappa shape index (κ3) is 3.06. The SMILES string of the molecule is Fc1cccc(F)c1-c1nc2c(c(Nc3ccc(Cl)cc3)n1)CNC2. The van der Waals surface area contributed by atoms with Crippen molar-refractivity contribution in [2.24, 2.45) is 0 Å². The predicted octanol–water partition coefficient (Wildman–Crippen LogP) is 4.42. The molecule has 0 fully saturated rings. The van der Waals surface area contributed by atoms with Crippen LogP contribution in [0.3, 0.4) is 0 Å². The molecule has 126 valence electrons. The lowest BCUT2D eigenvalue weighted by molar-refractivity contribution is 0.587. The number of nitrogens with zero attached hydrogens (tertiary/aromatic N) is 2. The Kier molecular flexibility index (Phi) is 4.07. The smallest absolute Gasteiger partial charge is 0.167 e. The van der Waals surface area contributed by atoms with Crippen molar-refractivity contribution in [1.29, 1.82) is 0 Å². The summed E-state index contributed by atoms with van der Waals surface area (Å²) in [6.45, 7) is 1.11. The van der Waals surface area contributed by atoms with Crippen LogP contribution in [0.4, 0.5) is 20.3 Å². The van der Waals surface area contributed by atoms with Gasteiger partial charge in [-0.05, 0) is 36.4 Å². The molecule has 1 aliphatic rings. The first-order valence-corrected chi connectivity index (χ1v) is 8.07. The number of anilines is 2. The van der Waals surface area contributed by atoms with E-state index in [1.54, 1.807) is 12.1 Å². The number of hydrogen-bond acceptors (Lipinski definition) is 4. The summed E-state index contributed by atoms with van der Waals surface area (Å²) in [6.07, 6.45) is 0. The number of benzene rings is 2. The fraction of sp³-hybridized carbons (Fsp3) is 0.111. The van der Waals surface area contributed by atoms with E-state index in [4.69, 9.17) is 11.6 Å². The molecule has 1 aromatic heterocycles. The van der Waals surface area contributed by atoms with Crippen LogP contribution in [0.1, 0.15) is 11.3 Å². The number of halogens is 3. The molecule has 0 saturated heterocycles. The molecule has 0 unspecified atom stereocenters. The van der Waals surface area contributed by atoms with E-state index in [1.807, 2.05) is 12.1 Å². The molecule has 4 nitrogen and oxygen atoms in total. The average Bonchev–Trinajstić information content (AvgIpc) is 3.06. The highest BCUT2D eigenvalue weighted by Gasteiger charge is 2.22. The van der Waals surface area contributed by atoms with Crippen molar-refractivity contribution in [3.8, 4) is 11.4 Å². The number of rotatable bonds is 3. The van der Waals surface area contributed by atoms with Crippen LogP contribution in [0.2, 0.25) is 5.02 Å². The first-order chi connectivity index (χ1) is 12.1. The van der Waals surface area contributed by atoms with Gasteiger partial charge in [0, 0.05) is 29.4 Å². The van der Waals surface area contributed by atoms with E-state index in [1.165, 1.54) is 18.2 Å². The number of aromatic nitrogens is 2. The summed E-state index contributed by atoms with van der Waals surface area (Å²) in [5.74, 6) is -0.837. The Bertz CT molecular complexity index is 924. The van der Waals surface area contributed by atoms with E-state index < -0.39 is 11.6 Å². The van der Waals surface area contributed by atoms with Crippen molar-refractivity contribution >= 4 is 23.1 Å². The molecule has 2 heterocycles. The lowest BCUT2D eigenvalue weighted by Gasteiger charge is -2.12. The fourth-order valence-electron chi connectivity index (χ4n) is 2.76. The molecule has 0 saturated carbocycles. The van der Waals surface area contributed by atoms with Gasteiger partial charge in [0.1, 0.15) is 17.5 Å². The van der Waals surface area contributed by atoms with Crippen LogP contribution in [-0.4, -0.2) is 9.97 Å². The third-order valence-electron chi connectivity index (χ3n) is 3.98. The zero-order chi connectivity index (χ0) is 17.4. The number of hydrogen-bond donors (Lipinski definition) is 2. The molecule has 0 spiro atoms. The maximum absolute atomic E-state index is 14.1. The largest absolute Gasteiger partial charge is 0.340 e. The van der Waals surface area contributed by atoms with Crippen molar-refractivity contribution < 1.29 is 8.78 Å². The monoisotopic (exact) mass is 358 g/mol. The van der Waals surface area contributed by atoms with Crippen LogP contribution in [-0.2, 0) is 13.1 Å². The molecule has 7 heteroatoms. The van der Waals surface area contributed by atoms with Crippen LogP contribution in [0.15, 0.2) is 42.5 Å². The zero-order valence-electron chi connectivity index (χ0n) is 13.0. The summed E-state index contributed by atoms with van der Waals surface area (Å²) in [5, 5.41) is 6.99. The maximum Gasteiger partial charge on any atom is 0.167 e. The quantitative estimate of drug-likeness (QED) is 0.727. The molecule has 0 bridgehead atoms. The van der Waals surface area contributed by atoms with Crippen molar-refractivity contribution in [2.45, 2.75) is 13.1 Å².